The van der Waals surface area contributed by atoms with E-state index < -0.39 is 11.4 Å². The Balaban J connectivity index is 2.93. The fourth-order valence-electron chi connectivity index (χ4n) is 1.59. The first-order valence-corrected chi connectivity index (χ1v) is 4.17. The highest BCUT2D eigenvalue weighted by atomic mass is 16.5. The molecule has 1 rings (SSSR count). The smallest absolute Gasteiger partial charge is 0.320 e. The van der Waals surface area contributed by atoms with Crippen molar-refractivity contribution in [2.75, 3.05) is 6.61 Å². The monoisotopic (exact) mass is 184 g/mol. The van der Waals surface area contributed by atoms with Crippen LogP contribution in [0.15, 0.2) is 0 Å². The van der Waals surface area contributed by atoms with E-state index in [-0.39, 0.29) is 24.6 Å². The lowest BCUT2D eigenvalue weighted by atomic mass is 9.78. The van der Waals surface area contributed by atoms with Gasteiger partial charge in [0.05, 0.1) is 6.61 Å². The molecule has 1 unspecified atom stereocenters. The fourth-order valence-corrected chi connectivity index (χ4v) is 1.59. The number of ether oxygens (including phenoxy) is 1. The van der Waals surface area contributed by atoms with Crippen LogP contribution in [0.5, 0.6) is 0 Å². The molecule has 4 heteroatoms. The summed E-state index contributed by atoms with van der Waals surface area (Å²) in [7, 11) is 0. The Morgan fingerprint density at radius 2 is 2.08 bits per heavy atom. The second-order valence-electron chi connectivity index (χ2n) is 3.40. The molecule has 0 aromatic carbocycles. The third-order valence-electron chi connectivity index (χ3n) is 2.38. The summed E-state index contributed by atoms with van der Waals surface area (Å²) in [6.07, 6.45) is 0.307. The minimum Gasteiger partial charge on any atom is -0.465 e. The van der Waals surface area contributed by atoms with Gasteiger partial charge in [0.25, 0.3) is 0 Å². The molecule has 0 aliphatic carbocycles. The van der Waals surface area contributed by atoms with Gasteiger partial charge in [0.2, 0.25) is 0 Å². The lowest BCUT2D eigenvalue weighted by Gasteiger charge is -2.18. The van der Waals surface area contributed by atoms with Crippen LogP contribution in [0.3, 0.4) is 0 Å². The van der Waals surface area contributed by atoms with Crippen LogP contribution in [0.1, 0.15) is 26.7 Å². The summed E-state index contributed by atoms with van der Waals surface area (Å²) in [6, 6.07) is 0. The molecule has 0 spiro atoms. The molecule has 0 radical (unpaired) electrons. The molecular weight excluding hydrogens is 172 g/mol. The molecule has 1 atom stereocenters. The Hall–Kier alpha value is -1.19. The molecule has 13 heavy (non-hydrogen) atoms. The standard InChI is InChI=1S/C9H12O4/c1-6(10)5-9(7(2)11)3-4-13-8(9)12/h3-5H2,1-2H3. The molecule has 0 N–H and O–H groups in total. The van der Waals surface area contributed by atoms with Crippen LogP contribution < -0.4 is 0 Å². The number of carbonyl (C=O) groups is 3. The van der Waals surface area contributed by atoms with Crippen LogP contribution in [-0.4, -0.2) is 24.1 Å². The quantitative estimate of drug-likeness (QED) is 0.473. The minimum atomic E-state index is -1.17. The van der Waals surface area contributed by atoms with Crippen molar-refractivity contribution in [3.8, 4) is 0 Å². The number of hydrogen-bond donors (Lipinski definition) is 0. The van der Waals surface area contributed by atoms with E-state index in [1.165, 1.54) is 13.8 Å². The minimum absolute atomic E-state index is 0.0266. The van der Waals surface area contributed by atoms with Gasteiger partial charge in [0.1, 0.15) is 17.0 Å². The van der Waals surface area contributed by atoms with Gasteiger partial charge in [0.15, 0.2) is 0 Å². The molecule has 1 fully saturated rings. The molecule has 0 amide bonds. The van der Waals surface area contributed by atoms with Crippen molar-refractivity contribution >= 4 is 17.5 Å². The zero-order valence-corrected chi connectivity index (χ0v) is 7.75. The molecule has 1 heterocycles. The van der Waals surface area contributed by atoms with Crippen molar-refractivity contribution in [3.05, 3.63) is 0 Å². The Labute approximate surface area is 76.3 Å². The van der Waals surface area contributed by atoms with E-state index >= 15 is 0 Å². The maximum Gasteiger partial charge on any atom is 0.320 e. The largest absolute Gasteiger partial charge is 0.465 e. The Morgan fingerprint density at radius 1 is 1.46 bits per heavy atom. The van der Waals surface area contributed by atoms with Crippen molar-refractivity contribution in [1.82, 2.24) is 0 Å². The number of esters is 1. The van der Waals surface area contributed by atoms with Crippen molar-refractivity contribution in [1.29, 1.82) is 0 Å². The Morgan fingerprint density at radius 3 is 2.38 bits per heavy atom. The molecule has 0 aromatic rings. The second kappa shape index (κ2) is 3.28. The third-order valence-corrected chi connectivity index (χ3v) is 2.38. The highest BCUT2D eigenvalue weighted by molar-refractivity contribution is 6.06. The van der Waals surface area contributed by atoms with E-state index in [1.807, 2.05) is 0 Å². The van der Waals surface area contributed by atoms with Gasteiger partial charge in [-0.3, -0.25) is 14.4 Å². The number of Topliss-reactive ketones (excluding diaryl/α,β-unsaturated/α-hetero) is 2. The van der Waals surface area contributed by atoms with Crippen molar-refractivity contribution in [2.24, 2.45) is 5.41 Å². The van der Waals surface area contributed by atoms with Crippen LogP contribution in [0, 0.1) is 5.41 Å². The topological polar surface area (TPSA) is 60.4 Å². The zero-order valence-electron chi connectivity index (χ0n) is 7.75. The molecule has 4 nitrogen and oxygen atoms in total. The van der Waals surface area contributed by atoms with Crippen molar-refractivity contribution < 1.29 is 19.1 Å². The number of carbonyl (C=O) groups excluding carboxylic acids is 3. The maximum atomic E-state index is 11.3. The summed E-state index contributed by atoms with van der Waals surface area (Å²) in [5.41, 5.74) is -1.17. The molecule has 0 saturated carbocycles. The van der Waals surface area contributed by atoms with Gasteiger partial charge < -0.3 is 4.74 Å². The predicted octanol–water partition coefficient (Wildman–Crippen LogP) is 0.488. The first-order valence-electron chi connectivity index (χ1n) is 4.17. The molecule has 0 bridgehead atoms. The normalized spacial score (nSPS) is 27.1. The molecule has 72 valence electrons. The van der Waals surface area contributed by atoms with Crippen LogP contribution in [0.2, 0.25) is 0 Å². The summed E-state index contributed by atoms with van der Waals surface area (Å²) >= 11 is 0. The van der Waals surface area contributed by atoms with E-state index in [1.54, 1.807) is 0 Å². The first-order chi connectivity index (χ1) is 5.99. The summed E-state index contributed by atoms with van der Waals surface area (Å²) in [6.45, 7) is 2.94. The van der Waals surface area contributed by atoms with Gasteiger partial charge in [-0.2, -0.15) is 0 Å². The lowest BCUT2D eigenvalue weighted by molar-refractivity contribution is -0.152. The molecular formula is C9H12O4. The van der Waals surface area contributed by atoms with E-state index in [0.29, 0.717) is 6.42 Å². The molecule has 1 aliphatic heterocycles. The second-order valence-corrected chi connectivity index (χ2v) is 3.40. The van der Waals surface area contributed by atoms with Gasteiger partial charge in [-0.05, 0) is 13.8 Å². The van der Waals surface area contributed by atoms with Gasteiger partial charge in [-0.15, -0.1) is 0 Å². The van der Waals surface area contributed by atoms with Gasteiger partial charge >= 0.3 is 5.97 Å². The molecule has 1 aliphatic rings. The SMILES string of the molecule is CC(=O)CC1(C(C)=O)CCOC1=O. The predicted molar refractivity (Wildman–Crippen MR) is 44.0 cm³/mol. The Kier molecular flexibility index (Phi) is 2.50. The van der Waals surface area contributed by atoms with Gasteiger partial charge in [0, 0.05) is 12.8 Å². The van der Waals surface area contributed by atoms with Crippen LogP contribution >= 0.6 is 0 Å². The summed E-state index contributed by atoms with van der Waals surface area (Å²) in [5.74, 6) is -0.977. The number of ketones is 2. The first kappa shape index (κ1) is 9.89. The maximum absolute atomic E-state index is 11.3. The van der Waals surface area contributed by atoms with Crippen molar-refractivity contribution in [3.63, 3.8) is 0 Å². The van der Waals surface area contributed by atoms with Crippen LogP contribution in [0.25, 0.3) is 0 Å². The van der Waals surface area contributed by atoms with E-state index in [2.05, 4.69) is 0 Å². The average molecular weight is 184 g/mol. The fraction of sp³-hybridized carbons (Fsp3) is 0.667. The number of cyclic esters (lactones) is 1. The summed E-state index contributed by atoms with van der Waals surface area (Å²) < 4.78 is 4.72. The summed E-state index contributed by atoms with van der Waals surface area (Å²) in [4.78, 5) is 33.4. The van der Waals surface area contributed by atoms with Crippen molar-refractivity contribution in [2.45, 2.75) is 26.7 Å². The third kappa shape index (κ3) is 1.61. The highest BCUT2D eigenvalue weighted by Crippen LogP contribution is 2.34. The zero-order chi connectivity index (χ0) is 10.1. The summed E-state index contributed by atoms with van der Waals surface area (Å²) in [5, 5.41) is 0. The van der Waals surface area contributed by atoms with E-state index in [9.17, 15) is 14.4 Å². The highest BCUT2D eigenvalue weighted by Gasteiger charge is 2.49. The number of rotatable bonds is 3. The van der Waals surface area contributed by atoms with E-state index in [4.69, 9.17) is 4.74 Å². The van der Waals surface area contributed by atoms with Crippen LogP contribution in [0.4, 0.5) is 0 Å². The van der Waals surface area contributed by atoms with E-state index in [0.717, 1.165) is 0 Å². The number of hydrogen-bond acceptors (Lipinski definition) is 4. The van der Waals surface area contributed by atoms with Crippen LogP contribution in [-0.2, 0) is 19.1 Å². The molecule has 1 saturated heterocycles. The lowest BCUT2D eigenvalue weighted by Crippen LogP contribution is -2.35. The van der Waals surface area contributed by atoms with Gasteiger partial charge in [-0.1, -0.05) is 0 Å². The average Bonchev–Trinajstić information content (AvgIpc) is 2.32. The van der Waals surface area contributed by atoms with Gasteiger partial charge in [-0.25, -0.2) is 0 Å². The Bertz CT molecular complexity index is 269. The molecule has 0 aromatic heterocycles.